The maximum atomic E-state index is 14.5. The van der Waals surface area contributed by atoms with Crippen LogP contribution in [0.4, 0.5) is 11.4 Å². The number of anilines is 1. The first-order valence-corrected chi connectivity index (χ1v) is 12.4. The molecule has 0 bridgehead atoms. The van der Waals surface area contributed by atoms with E-state index in [1.165, 1.54) is 12.1 Å². The predicted molar refractivity (Wildman–Crippen MR) is 136 cm³/mol. The number of aryl methyl sites for hydroxylation is 2. The van der Waals surface area contributed by atoms with E-state index in [0.717, 1.165) is 40.8 Å². The molecule has 1 N–H and O–H groups in total. The molecule has 3 aromatic carbocycles. The van der Waals surface area contributed by atoms with Crippen LogP contribution in [0.15, 0.2) is 66.7 Å². The summed E-state index contributed by atoms with van der Waals surface area (Å²) < 4.78 is 0. The Bertz CT molecular complexity index is 1420. The second kappa shape index (κ2) is 8.10. The number of hydrogen-bond acceptors (Lipinski definition) is 5. The number of nitrogens with zero attached hydrogens (tertiary/aromatic N) is 2. The van der Waals surface area contributed by atoms with Gasteiger partial charge in [0.15, 0.2) is 5.78 Å². The quantitative estimate of drug-likeness (QED) is 0.317. The van der Waals surface area contributed by atoms with Crippen molar-refractivity contribution in [1.29, 1.82) is 0 Å². The molecular weight excluding hydrogens is 454 g/mol. The molecule has 2 saturated heterocycles. The number of carbonyl (C=O) groups is 2. The van der Waals surface area contributed by atoms with Crippen molar-refractivity contribution in [3.63, 3.8) is 0 Å². The average molecular weight is 482 g/mol. The Balaban J connectivity index is 1.63. The van der Waals surface area contributed by atoms with E-state index in [2.05, 4.69) is 10.2 Å². The summed E-state index contributed by atoms with van der Waals surface area (Å²) in [5.74, 6) is -1.36. The molecule has 1 spiro atoms. The molecule has 7 nitrogen and oxygen atoms in total. The summed E-state index contributed by atoms with van der Waals surface area (Å²) in [7, 11) is 0. The second-order valence-corrected chi connectivity index (χ2v) is 10.2. The van der Waals surface area contributed by atoms with Crippen LogP contribution in [0.25, 0.3) is 0 Å². The summed E-state index contributed by atoms with van der Waals surface area (Å²) in [6.45, 7) is 4.70. The van der Waals surface area contributed by atoms with E-state index in [1.807, 2.05) is 56.3 Å². The highest BCUT2D eigenvalue weighted by atomic mass is 16.6. The minimum atomic E-state index is -1.17. The Hall–Kier alpha value is -3.84. The maximum Gasteiger partial charge on any atom is 0.270 e. The Morgan fingerprint density at radius 2 is 1.86 bits per heavy atom. The van der Waals surface area contributed by atoms with Crippen LogP contribution in [-0.4, -0.2) is 34.1 Å². The number of rotatable bonds is 4. The van der Waals surface area contributed by atoms with Crippen LogP contribution in [0.5, 0.6) is 0 Å². The molecule has 2 fully saturated rings. The Labute approximate surface area is 209 Å². The highest BCUT2D eigenvalue weighted by Crippen LogP contribution is 2.61. The van der Waals surface area contributed by atoms with Gasteiger partial charge in [0.25, 0.3) is 5.69 Å². The normalized spacial score (nSPS) is 26.6. The van der Waals surface area contributed by atoms with E-state index in [-0.39, 0.29) is 34.9 Å². The van der Waals surface area contributed by atoms with E-state index >= 15 is 0 Å². The van der Waals surface area contributed by atoms with Gasteiger partial charge in [-0.25, -0.2) is 0 Å². The number of fused-ring (bicyclic) bond motifs is 4. The lowest BCUT2D eigenvalue weighted by molar-refractivity contribution is -0.384. The van der Waals surface area contributed by atoms with Crippen molar-refractivity contribution >= 4 is 23.1 Å². The number of hydrogen-bond donors (Lipinski definition) is 1. The van der Waals surface area contributed by atoms with Gasteiger partial charge >= 0.3 is 0 Å². The van der Waals surface area contributed by atoms with E-state index in [1.54, 1.807) is 12.1 Å². The summed E-state index contributed by atoms with van der Waals surface area (Å²) in [5.41, 5.74) is 3.60. The lowest BCUT2D eigenvalue weighted by Gasteiger charge is -2.37. The monoisotopic (exact) mass is 481 g/mol. The molecule has 6 rings (SSSR count). The van der Waals surface area contributed by atoms with Gasteiger partial charge in [-0.15, -0.1) is 0 Å². The number of carbonyl (C=O) groups excluding carboxylic acids is 2. The van der Waals surface area contributed by atoms with Crippen molar-refractivity contribution in [2.75, 3.05) is 11.9 Å². The average Bonchev–Trinajstić information content (AvgIpc) is 3.53. The fourth-order valence-electron chi connectivity index (χ4n) is 7.02. The summed E-state index contributed by atoms with van der Waals surface area (Å²) in [4.78, 5) is 41.9. The van der Waals surface area contributed by atoms with Crippen molar-refractivity contribution in [1.82, 2.24) is 4.90 Å². The van der Waals surface area contributed by atoms with Crippen LogP contribution in [0.1, 0.15) is 51.4 Å². The second-order valence-electron chi connectivity index (χ2n) is 10.2. The van der Waals surface area contributed by atoms with Gasteiger partial charge in [-0.05, 0) is 44.4 Å². The SMILES string of the molecule is Cc1cc(C)c2c(c1)[C@]1(C(=O)N2)C(C(=O)c2cccc([N+](=O)[O-])c2)C(c2ccccc2)C2CCCN21. The standard InChI is InChI=1S/C29H27N3O4/c1-17-14-18(2)26-22(15-17)29(28(34)30-26)25(27(33)20-10-6-11-21(16-20)32(35)36)24(19-8-4-3-5-9-19)23-12-7-13-31(23)29/h3-6,8-11,14-16,23-25H,7,12-13H2,1-2H3,(H,30,34)/t23?,24?,25?,29-/m1/s1. The van der Waals surface area contributed by atoms with Gasteiger partial charge in [-0.2, -0.15) is 0 Å². The van der Waals surface area contributed by atoms with E-state index in [4.69, 9.17) is 0 Å². The Kier molecular flexibility index (Phi) is 5.09. The lowest BCUT2D eigenvalue weighted by atomic mass is 9.68. The number of benzene rings is 3. The van der Waals surface area contributed by atoms with Crippen LogP contribution in [0.2, 0.25) is 0 Å². The topological polar surface area (TPSA) is 92.5 Å². The van der Waals surface area contributed by atoms with Crippen LogP contribution < -0.4 is 5.32 Å². The van der Waals surface area contributed by atoms with Gasteiger partial charge in [0.1, 0.15) is 5.54 Å². The van der Waals surface area contributed by atoms with E-state index in [9.17, 15) is 19.7 Å². The zero-order chi connectivity index (χ0) is 25.2. The molecule has 36 heavy (non-hydrogen) atoms. The molecule has 0 aliphatic carbocycles. The molecule has 0 radical (unpaired) electrons. The van der Waals surface area contributed by atoms with Gasteiger partial charge in [0, 0.05) is 40.9 Å². The molecule has 3 aromatic rings. The first-order chi connectivity index (χ1) is 17.3. The molecule has 182 valence electrons. The third kappa shape index (κ3) is 3.02. The smallest absolute Gasteiger partial charge is 0.270 e. The largest absolute Gasteiger partial charge is 0.324 e. The number of nitrogens with one attached hydrogen (secondary N) is 1. The van der Waals surface area contributed by atoms with Gasteiger partial charge in [0.05, 0.1) is 10.8 Å². The van der Waals surface area contributed by atoms with E-state index in [0.29, 0.717) is 6.54 Å². The molecule has 0 saturated carbocycles. The molecule has 3 heterocycles. The minimum Gasteiger partial charge on any atom is -0.324 e. The zero-order valence-corrected chi connectivity index (χ0v) is 20.2. The van der Waals surface area contributed by atoms with Crippen molar-refractivity contribution in [3.05, 3.63) is 105 Å². The molecule has 7 heteroatoms. The van der Waals surface area contributed by atoms with Crippen molar-refractivity contribution in [2.45, 2.75) is 44.2 Å². The summed E-state index contributed by atoms with van der Waals surface area (Å²) in [5, 5.41) is 14.6. The fourth-order valence-corrected chi connectivity index (χ4v) is 7.02. The lowest BCUT2D eigenvalue weighted by Crippen LogP contribution is -2.52. The highest BCUT2D eigenvalue weighted by Gasteiger charge is 2.69. The predicted octanol–water partition coefficient (Wildman–Crippen LogP) is 5.12. The molecule has 4 atom stereocenters. The van der Waals surface area contributed by atoms with Crippen LogP contribution in [0.3, 0.4) is 0 Å². The minimum absolute atomic E-state index is 0.0116. The first kappa shape index (κ1) is 22.6. The number of amides is 1. The van der Waals surface area contributed by atoms with Crippen LogP contribution >= 0.6 is 0 Å². The molecule has 0 aromatic heterocycles. The summed E-state index contributed by atoms with van der Waals surface area (Å²) in [6, 6.07) is 19.9. The van der Waals surface area contributed by atoms with Gasteiger partial charge in [-0.3, -0.25) is 24.6 Å². The number of nitro groups is 1. The fraction of sp³-hybridized carbons (Fsp3) is 0.310. The van der Waals surface area contributed by atoms with Crippen LogP contribution in [-0.2, 0) is 10.3 Å². The number of non-ortho nitro benzene ring substituents is 1. The number of ketones is 1. The summed E-state index contributed by atoms with van der Waals surface area (Å²) >= 11 is 0. The van der Waals surface area contributed by atoms with Crippen LogP contribution in [0, 0.1) is 29.9 Å². The number of Topliss-reactive ketones (excluding diaryl/α,β-unsaturated/α-hetero) is 1. The van der Waals surface area contributed by atoms with Crippen molar-refractivity contribution < 1.29 is 14.5 Å². The Morgan fingerprint density at radius 3 is 2.61 bits per heavy atom. The highest BCUT2D eigenvalue weighted by molar-refractivity contribution is 6.13. The Morgan fingerprint density at radius 1 is 1.08 bits per heavy atom. The molecule has 3 aliphatic rings. The van der Waals surface area contributed by atoms with Gasteiger partial charge in [0.2, 0.25) is 5.91 Å². The summed E-state index contributed by atoms with van der Waals surface area (Å²) in [6.07, 6.45) is 1.83. The third-order valence-corrected chi connectivity index (χ3v) is 8.26. The molecular formula is C29H27N3O4. The van der Waals surface area contributed by atoms with Crippen molar-refractivity contribution in [2.24, 2.45) is 5.92 Å². The zero-order valence-electron chi connectivity index (χ0n) is 20.2. The third-order valence-electron chi connectivity index (χ3n) is 8.26. The maximum absolute atomic E-state index is 14.5. The number of nitro benzene ring substituents is 1. The van der Waals surface area contributed by atoms with Crippen molar-refractivity contribution in [3.8, 4) is 0 Å². The molecule has 3 aliphatic heterocycles. The first-order valence-electron chi connectivity index (χ1n) is 12.4. The molecule has 3 unspecified atom stereocenters. The van der Waals surface area contributed by atoms with Gasteiger partial charge < -0.3 is 5.32 Å². The van der Waals surface area contributed by atoms with Gasteiger partial charge in [-0.1, -0.05) is 60.2 Å². The van der Waals surface area contributed by atoms with E-state index < -0.39 is 16.4 Å². The molecule has 1 amide bonds.